The molecule has 8 heteroatoms. The standard InChI is InChI=1S/C21H22Cl3N3O2/c1-28-20-11-16(12-25-5-2-7-27-8-6-26-14-27)10-19(24)21(20)29-13-15-3-4-17(22)18(23)9-15/h3-4,6,8-11,14,25H,2,5,7,12-13H2,1H3. The zero-order chi connectivity index (χ0) is 20.6. The first-order chi connectivity index (χ1) is 14.1. The third-order valence-corrected chi connectivity index (χ3v) is 5.33. The van der Waals surface area contributed by atoms with Gasteiger partial charge < -0.3 is 19.4 Å². The molecule has 1 heterocycles. The Morgan fingerprint density at radius 1 is 1.03 bits per heavy atom. The topological polar surface area (TPSA) is 48.3 Å². The molecule has 0 radical (unpaired) electrons. The second-order valence-electron chi connectivity index (χ2n) is 6.48. The van der Waals surface area contributed by atoms with Gasteiger partial charge in [-0.25, -0.2) is 4.98 Å². The van der Waals surface area contributed by atoms with Gasteiger partial charge in [0.1, 0.15) is 6.61 Å². The van der Waals surface area contributed by atoms with Crippen LogP contribution in [0, 0.1) is 0 Å². The van der Waals surface area contributed by atoms with Gasteiger partial charge in [0, 0.05) is 25.5 Å². The number of methoxy groups -OCH3 is 1. The number of aromatic nitrogens is 2. The van der Waals surface area contributed by atoms with Crippen LogP contribution in [0.15, 0.2) is 49.1 Å². The molecule has 1 aromatic heterocycles. The van der Waals surface area contributed by atoms with Crippen LogP contribution in [0.2, 0.25) is 15.1 Å². The van der Waals surface area contributed by atoms with Crippen LogP contribution >= 0.6 is 34.8 Å². The molecular formula is C21H22Cl3N3O2. The Balaban J connectivity index is 1.55. The summed E-state index contributed by atoms with van der Waals surface area (Å²) in [7, 11) is 1.60. The van der Waals surface area contributed by atoms with Gasteiger partial charge in [-0.15, -0.1) is 0 Å². The predicted molar refractivity (Wildman–Crippen MR) is 117 cm³/mol. The van der Waals surface area contributed by atoms with Crippen molar-refractivity contribution < 1.29 is 9.47 Å². The van der Waals surface area contributed by atoms with Crippen molar-refractivity contribution in [3.63, 3.8) is 0 Å². The summed E-state index contributed by atoms with van der Waals surface area (Å²) in [5.41, 5.74) is 1.91. The lowest BCUT2D eigenvalue weighted by Gasteiger charge is -2.15. The van der Waals surface area contributed by atoms with Crippen LogP contribution in [-0.2, 0) is 19.7 Å². The van der Waals surface area contributed by atoms with Crippen molar-refractivity contribution in [3.05, 3.63) is 75.2 Å². The first-order valence-electron chi connectivity index (χ1n) is 9.16. The Hall–Kier alpha value is -1.92. The normalized spacial score (nSPS) is 10.9. The first-order valence-corrected chi connectivity index (χ1v) is 10.3. The maximum Gasteiger partial charge on any atom is 0.180 e. The molecule has 0 saturated heterocycles. The van der Waals surface area contributed by atoms with Crippen molar-refractivity contribution in [1.82, 2.24) is 14.9 Å². The number of ether oxygens (including phenoxy) is 2. The molecule has 3 rings (SSSR count). The van der Waals surface area contributed by atoms with Crippen molar-refractivity contribution in [2.24, 2.45) is 0 Å². The van der Waals surface area contributed by atoms with E-state index in [4.69, 9.17) is 44.3 Å². The lowest BCUT2D eigenvalue weighted by Crippen LogP contribution is -2.16. The van der Waals surface area contributed by atoms with E-state index in [1.54, 1.807) is 25.4 Å². The van der Waals surface area contributed by atoms with Crippen molar-refractivity contribution in [2.45, 2.75) is 26.1 Å². The number of hydrogen-bond acceptors (Lipinski definition) is 4. The minimum Gasteiger partial charge on any atom is -0.493 e. The van der Waals surface area contributed by atoms with Crippen LogP contribution in [0.25, 0.3) is 0 Å². The summed E-state index contributed by atoms with van der Waals surface area (Å²) in [6.45, 7) is 2.80. The molecule has 29 heavy (non-hydrogen) atoms. The lowest BCUT2D eigenvalue weighted by atomic mass is 10.2. The van der Waals surface area contributed by atoms with Crippen LogP contribution in [-0.4, -0.2) is 23.2 Å². The number of aryl methyl sites for hydroxylation is 1. The molecule has 0 unspecified atom stereocenters. The molecule has 0 atom stereocenters. The maximum atomic E-state index is 6.45. The van der Waals surface area contributed by atoms with Gasteiger partial charge in [-0.2, -0.15) is 0 Å². The van der Waals surface area contributed by atoms with Gasteiger partial charge in [0.05, 0.1) is 28.5 Å². The van der Waals surface area contributed by atoms with E-state index in [1.165, 1.54) is 0 Å². The van der Waals surface area contributed by atoms with E-state index < -0.39 is 0 Å². The van der Waals surface area contributed by atoms with Gasteiger partial charge >= 0.3 is 0 Å². The van der Waals surface area contributed by atoms with E-state index >= 15 is 0 Å². The summed E-state index contributed by atoms with van der Waals surface area (Å²) in [6, 6.07) is 9.18. The second-order valence-corrected chi connectivity index (χ2v) is 7.70. The van der Waals surface area contributed by atoms with Gasteiger partial charge in [0.2, 0.25) is 0 Å². The van der Waals surface area contributed by atoms with Crippen molar-refractivity contribution in [2.75, 3.05) is 13.7 Å². The molecule has 2 aromatic carbocycles. The van der Waals surface area contributed by atoms with Crippen LogP contribution in [0.5, 0.6) is 11.5 Å². The molecule has 0 spiro atoms. The predicted octanol–water partition coefficient (Wildman–Crippen LogP) is 5.61. The third kappa shape index (κ3) is 6.28. The van der Waals surface area contributed by atoms with E-state index in [2.05, 4.69) is 14.9 Å². The molecule has 3 aromatic rings. The Labute approximate surface area is 185 Å². The zero-order valence-electron chi connectivity index (χ0n) is 16.0. The smallest absolute Gasteiger partial charge is 0.180 e. The van der Waals surface area contributed by atoms with Gasteiger partial charge in [0.25, 0.3) is 0 Å². The van der Waals surface area contributed by atoms with Crippen molar-refractivity contribution >= 4 is 34.8 Å². The van der Waals surface area contributed by atoms with Crippen LogP contribution in [0.1, 0.15) is 17.5 Å². The Bertz CT molecular complexity index is 933. The van der Waals surface area contributed by atoms with Crippen LogP contribution in [0.3, 0.4) is 0 Å². The highest BCUT2D eigenvalue weighted by atomic mass is 35.5. The number of hydrogen-bond donors (Lipinski definition) is 1. The van der Waals surface area contributed by atoms with Gasteiger partial charge in [0.15, 0.2) is 11.5 Å². The van der Waals surface area contributed by atoms with Crippen LogP contribution in [0.4, 0.5) is 0 Å². The monoisotopic (exact) mass is 453 g/mol. The fraction of sp³-hybridized carbons (Fsp3) is 0.286. The first kappa shape index (κ1) is 21.8. The summed E-state index contributed by atoms with van der Waals surface area (Å²) >= 11 is 18.5. The van der Waals surface area contributed by atoms with E-state index in [-0.39, 0.29) is 0 Å². The molecule has 5 nitrogen and oxygen atoms in total. The highest BCUT2D eigenvalue weighted by Gasteiger charge is 2.13. The number of halogens is 3. The molecule has 0 aliphatic carbocycles. The Morgan fingerprint density at radius 3 is 2.59 bits per heavy atom. The summed E-state index contributed by atoms with van der Waals surface area (Å²) in [6.07, 6.45) is 6.57. The zero-order valence-corrected chi connectivity index (χ0v) is 18.3. The minimum atomic E-state index is 0.304. The molecule has 0 bridgehead atoms. The fourth-order valence-corrected chi connectivity index (χ4v) is 3.45. The van der Waals surface area contributed by atoms with Gasteiger partial charge in [-0.05, 0) is 48.4 Å². The highest BCUT2D eigenvalue weighted by molar-refractivity contribution is 6.42. The molecule has 0 amide bonds. The lowest BCUT2D eigenvalue weighted by molar-refractivity contribution is 0.284. The summed E-state index contributed by atoms with van der Waals surface area (Å²) < 4.78 is 13.4. The van der Waals surface area contributed by atoms with E-state index in [9.17, 15) is 0 Å². The van der Waals surface area contributed by atoms with Crippen molar-refractivity contribution in [3.8, 4) is 11.5 Å². The number of benzene rings is 2. The van der Waals surface area contributed by atoms with E-state index in [0.29, 0.717) is 39.7 Å². The molecular weight excluding hydrogens is 433 g/mol. The van der Waals surface area contributed by atoms with Crippen LogP contribution < -0.4 is 14.8 Å². The average molecular weight is 455 g/mol. The van der Waals surface area contributed by atoms with Gasteiger partial charge in [-0.3, -0.25) is 0 Å². The maximum absolute atomic E-state index is 6.45. The average Bonchev–Trinajstić information content (AvgIpc) is 3.22. The Kier molecular flexibility index (Phi) is 8.07. The highest BCUT2D eigenvalue weighted by Crippen LogP contribution is 2.37. The minimum absolute atomic E-state index is 0.304. The molecule has 0 fully saturated rings. The molecule has 0 saturated carbocycles. The molecule has 154 valence electrons. The number of rotatable bonds is 10. The second kappa shape index (κ2) is 10.7. The van der Waals surface area contributed by atoms with E-state index in [1.807, 2.05) is 30.7 Å². The largest absolute Gasteiger partial charge is 0.493 e. The van der Waals surface area contributed by atoms with Gasteiger partial charge in [-0.1, -0.05) is 40.9 Å². The third-order valence-electron chi connectivity index (χ3n) is 4.31. The fourth-order valence-electron chi connectivity index (χ4n) is 2.84. The number of imidazole rings is 1. The number of nitrogens with zero attached hydrogens (tertiary/aromatic N) is 2. The summed E-state index contributed by atoms with van der Waals surface area (Å²) in [4.78, 5) is 4.04. The number of nitrogens with one attached hydrogen (secondary N) is 1. The summed E-state index contributed by atoms with van der Waals surface area (Å²) in [5, 5.41) is 4.91. The molecule has 1 N–H and O–H groups in total. The van der Waals surface area contributed by atoms with Crippen molar-refractivity contribution in [1.29, 1.82) is 0 Å². The van der Waals surface area contributed by atoms with E-state index in [0.717, 1.165) is 30.6 Å². The Morgan fingerprint density at radius 2 is 1.86 bits per heavy atom. The quantitative estimate of drug-likeness (QED) is 0.404. The summed E-state index contributed by atoms with van der Waals surface area (Å²) in [5.74, 6) is 1.09. The molecule has 0 aliphatic heterocycles. The SMILES string of the molecule is COc1cc(CNCCCn2ccnc2)cc(Cl)c1OCc1ccc(Cl)c(Cl)c1. The molecule has 0 aliphatic rings.